The molecule has 0 aliphatic carbocycles. The minimum Gasteiger partial charge on any atom is -0.492 e. The minimum absolute atomic E-state index is 0.0366. The van der Waals surface area contributed by atoms with E-state index in [1.165, 1.54) is 30.0 Å². The number of amides is 2. The van der Waals surface area contributed by atoms with Gasteiger partial charge in [-0.15, -0.1) is 10.2 Å². The molecule has 2 aromatic carbocycles. The Bertz CT molecular complexity index is 1120. The molecule has 0 aliphatic rings. The van der Waals surface area contributed by atoms with Gasteiger partial charge >= 0.3 is 0 Å². The standard InChI is InChI=1S/C23H26FN5O3S/c1-4-29-21(15(3)25-22(31)16-10-6-7-11-17(16)24)27-28-23(29)33-14-20(30)26-18-12-8-9-13-19(18)32-5-2/h6-13,15H,4-5,14H2,1-3H3,(H,25,31)(H,26,30)/t15-/m0/s1. The van der Waals surface area contributed by atoms with Crippen molar-refractivity contribution in [2.24, 2.45) is 0 Å². The Morgan fingerprint density at radius 3 is 2.58 bits per heavy atom. The molecule has 0 spiro atoms. The highest BCUT2D eigenvalue weighted by Crippen LogP contribution is 2.25. The van der Waals surface area contributed by atoms with Gasteiger partial charge in [-0.1, -0.05) is 36.0 Å². The molecule has 174 valence electrons. The molecule has 0 radical (unpaired) electrons. The summed E-state index contributed by atoms with van der Waals surface area (Å²) in [5.74, 6) is -0.0851. The summed E-state index contributed by atoms with van der Waals surface area (Å²) in [6, 6.07) is 12.5. The van der Waals surface area contributed by atoms with Crippen molar-refractivity contribution in [3.05, 3.63) is 65.7 Å². The van der Waals surface area contributed by atoms with Gasteiger partial charge < -0.3 is 19.9 Å². The quantitative estimate of drug-likeness (QED) is 0.433. The summed E-state index contributed by atoms with van der Waals surface area (Å²) in [5, 5.41) is 14.5. The Hall–Kier alpha value is -3.40. The van der Waals surface area contributed by atoms with Crippen LogP contribution in [0.25, 0.3) is 0 Å². The van der Waals surface area contributed by atoms with Crippen LogP contribution < -0.4 is 15.4 Å². The smallest absolute Gasteiger partial charge is 0.254 e. The fraction of sp³-hybridized carbons (Fsp3) is 0.304. The molecule has 2 amide bonds. The molecular formula is C23H26FN5O3S. The second-order valence-corrected chi connectivity index (χ2v) is 7.97. The highest BCUT2D eigenvalue weighted by molar-refractivity contribution is 7.99. The van der Waals surface area contributed by atoms with E-state index in [-0.39, 0.29) is 17.2 Å². The molecule has 0 bridgehead atoms. The number of rotatable bonds is 10. The maximum atomic E-state index is 13.9. The zero-order valence-corrected chi connectivity index (χ0v) is 19.5. The molecule has 3 aromatic rings. The van der Waals surface area contributed by atoms with Crippen LogP contribution >= 0.6 is 11.8 Å². The molecule has 10 heteroatoms. The predicted octanol–water partition coefficient (Wildman–Crippen LogP) is 4.06. The van der Waals surface area contributed by atoms with Crippen molar-refractivity contribution in [3.8, 4) is 5.75 Å². The van der Waals surface area contributed by atoms with Gasteiger partial charge in [-0.2, -0.15) is 0 Å². The second kappa shape index (κ2) is 11.5. The summed E-state index contributed by atoms with van der Waals surface area (Å²) < 4.78 is 21.2. The van der Waals surface area contributed by atoms with Crippen LogP contribution in [0.2, 0.25) is 0 Å². The third-order valence-electron chi connectivity index (χ3n) is 4.71. The summed E-state index contributed by atoms with van der Waals surface area (Å²) >= 11 is 1.24. The maximum absolute atomic E-state index is 13.9. The molecule has 1 aromatic heterocycles. The number of nitrogens with zero attached hydrogens (tertiary/aromatic N) is 3. The van der Waals surface area contributed by atoms with E-state index in [0.717, 1.165) is 0 Å². The van der Waals surface area contributed by atoms with Gasteiger partial charge in [0.1, 0.15) is 11.6 Å². The molecule has 8 nitrogen and oxygen atoms in total. The first-order chi connectivity index (χ1) is 15.9. The number of thioether (sulfide) groups is 1. The molecule has 0 saturated carbocycles. The molecular weight excluding hydrogens is 445 g/mol. The average molecular weight is 472 g/mol. The van der Waals surface area contributed by atoms with E-state index in [9.17, 15) is 14.0 Å². The van der Waals surface area contributed by atoms with E-state index in [4.69, 9.17) is 4.74 Å². The fourth-order valence-corrected chi connectivity index (χ4v) is 3.99. The molecule has 0 saturated heterocycles. The lowest BCUT2D eigenvalue weighted by molar-refractivity contribution is -0.113. The van der Waals surface area contributed by atoms with Gasteiger partial charge in [0.15, 0.2) is 11.0 Å². The Labute approximate surface area is 195 Å². The summed E-state index contributed by atoms with van der Waals surface area (Å²) in [6.45, 7) is 6.58. The van der Waals surface area contributed by atoms with Gasteiger partial charge in [0, 0.05) is 6.54 Å². The van der Waals surface area contributed by atoms with E-state index < -0.39 is 17.8 Å². The highest BCUT2D eigenvalue weighted by Gasteiger charge is 2.21. The molecule has 1 heterocycles. The lowest BCUT2D eigenvalue weighted by Gasteiger charge is -2.15. The van der Waals surface area contributed by atoms with Crippen molar-refractivity contribution in [2.45, 2.75) is 38.5 Å². The molecule has 33 heavy (non-hydrogen) atoms. The Morgan fingerprint density at radius 2 is 1.85 bits per heavy atom. The lowest BCUT2D eigenvalue weighted by atomic mass is 10.2. The molecule has 2 N–H and O–H groups in total. The van der Waals surface area contributed by atoms with Crippen LogP contribution in [0, 0.1) is 5.82 Å². The highest BCUT2D eigenvalue weighted by atomic mass is 32.2. The van der Waals surface area contributed by atoms with E-state index in [1.807, 2.05) is 30.5 Å². The van der Waals surface area contributed by atoms with Gasteiger partial charge in [-0.25, -0.2) is 4.39 Å². The number of carbonyl (C=O) groups is 2. The van der Waals surface area contributed by atoms with Crippen molar-refractivity contribution in [2.75, 3.05) is 17.7 Å². The number of ether oxygens (including phenoxy) is 1. The van der Waals surface area contributed by atoms with Gasteiger partial charge in [-0.3, -0.25) is 9.59 Å². The van der Waals surface area contributed by atoms with Crippen molar-refractivity contribution in [1.29, 1.82) is 0 Å². The van der Waals surface area contributed by atoms with Gasteiger partial charge in [-0.05, 0) is 45.0 Å². The number of hydrogen-bond donors (Lipinski definition) is 2. The number of nitrogens with one attached hydrogen (secondary N) is 2. The molecule has 0 aliphatic heterocycles. The number of benzene rings is 2. The topological polar surface area (TPSA) is 98.1 Å². The number of halogens is 1. The summed E-state index contributed by atoms with van der Waals surface area (Å²) in [6.07, 6.45) is 0. The Morgan fingerprint density at radius 1 is 1.12 bits per heavy atom. The molecule has 3 rings (SSSR count). The van der Waals surface area contributed by atoms with Crippen LogP contribution in [0.3, 0.4) is 0 Å². The third kappa shape index (κ3) is 6.10. The van der Waals surface area contributed by atoms with Crippen LogP contribution in [-0.4, -0.2) is 38.9 Å². The zero-order chi connectivity index (χ0) is 23.8. The number of para-hydroxylation sites is 2. The fourth-order valence-electron chi connectivity index (χ4n) is 3.18. The van der Waals surface area contributed by atoms with Gasteiger partial charge in [0.05, 0.1) is 29.7 Å². The maximum Gasteiger partial charge on any atom is 0.254 e. The number of carbonyl (C=O) groups excluding carboxylic acids is 2. The third-order valence-corrected chi connectivity index (χ3v) is 5.68. The summed E-state index contributed by atoms with van der Waals surface area (Å²) in [7, 11) is 0. The normalized spacial score (nSPS) is 11.6. The number of anilines is 1. The largest absolute Gasteiger partial charge is 0.492 e. The van der Waals surface area contributed by atoms with Crippen molar-refractivity contribution >= 4 is 29.3 Å². The first-order valence-corrected chi connectivity index (χ1v) is 11.6. The molecule has 0 fully saturated rings. The Kier molecular flexibility index (Phi) is 8.42. The predicted molar refractivity (Wildman–Crippen MR) is 125 cm³/mol. The number of hydrogen-bond acceptors (Lipinski definition) is 6. The van der Waals surface area contributed by atoms with Crippen LogP contribution in [0.1, 0.15) is 43.0 Å². The SMILES string of the molecule is CCOc1ccccc1NC(=O)CSc1nnc([C@H](C)NC(=O)c2ccccc2F)n1CC. The first-order valence-electron chi connectivity index (χ1n) is 10.6. The van der Waals surface area contributed by atoms with Crippen LogP contribution in [0.15, 0.2) is 53.7 Å². The molecule has 0 unspecified atom stereocenters. The average Bonchev–Trinajstić information content (AvgIpc) is 3.22. The first kappa shape index (κ1) is 24.2. The molecule has 1 atom stereocenters. The van der Waals surface area contributed by atoms with Crippen molar-refractivity contribution in [3.63, 3.8) is 0 Å². The zero-order valence-electron chi connectivity index (χ0n) is 18.7. The van der Waals surface area contributed by atoms with Gasteiger partial charge in [0.2, 0.25) is 5.91 Å². The van der Waals surface area contributed by atoms with Gasteiger partial charge in [0.25, 0.3) is 5.91 Å². The van der Waals surface area contributed by atoms with Crippen LogP contribution in [-0.2, 0) is 11.3 Å². The lowest BCUT2D eigenvalue weighted by Crippen LogP contribution is -2.29. The van der Waals surface area contributed by atoms with Crippen molar-refractivity contribution < 1.29 is 18.7 Å². The minimum atomic E-state index is -0.590. The van der Waals surface area contributed by atoms with Crippen LogP contribution in [0.4, 0.5) is 10.1 Å². The summed E-state index contributed by atoms with van der Waals surface area (Å²) in [5.41, 5.74) is 0.567. The number of aromatic nitrogens is 3. The van der Waals surface area contributed by atoms with Crippen LogP contribution in [0.5, 0.6) is 5.75 Å². The summed E-state index contributed by atoms with van der Waals surface area (Å²) in [4.78, 5) is 24.9. The van der Waals surface area contributed by atoms with E-state index in [1.54, 1.807) is 25.1 Å². The monoisotopic (exact) mass is 471 g/mol. The Balaban J connectivity index is 1.64. The van der Waals surface area contributed by atoms with E-state index in [0.29, 0.717) is 35.6 Å². The van der Waals surface area contributed by atoms with E-state index >= 15 is 0 Å². The van der Waals surface area contributed by atoms with Crippen molar-refractivity contribution in [1.82, 2.24) is 20.1 Å². The second-order valence-electron chi connectivity index (χ2n) is 7.03. The van der Waals surface area contributed by atoms with E-state index in [2.05, 4.69) is 20.8 Å².